The van der Waals surface area contributed by atoms with Crippen LogP contribution in [0, 0.1) is 0 Å². The molecule has 1 atom stereocenters. The second-order valence-electron chi connectivity index (χ2n) is 5.73. The number of anilines is 1. The minimum absolute atomic E-state index is 0.460. The number of carbonyl (C=O) groups is 1. The number of para-hydroxylation sites is 1. The molecule has 1 saturated heterocycles. The van der Waals surface area contributed by atoms with Crippen LogP contribution < -0.4 is 5.32 Å². The van der Waals surface area contributed by atoms with E-state index < -0.39 is 0 Å². The van der Waals surface area contributed by atoms with E-state index in [1.165, 1.54) is 25.8 Å². The molecule has 1 aromatic heterocycles. The lowest BCUT2D eigenvalue weighted by Crippen LogP contribution is -2.35. The smallest absolute Gasteiger partial charge is 0.211 e. The lowest BCUT2D eigenvalue weighted by molar-refractivity contribution is -0.105. The molecule has 1 aliphatic rings. The number of aromatic amines is 1. The normalized spacial score (nSPS) is 19.8. The standard InChI is InChI=1S/C16H22N4O/c1-2-8-20-9-4-5-12(10-20)16-18-14-7-3-6-13(17-11-21)15(14)19-16/h3,6-7,11-12H,2,4-5,8-10H2,1H3,(H,17,21)(H,18,19). The summed E-state index contributed by atoms with van der Waals surface area (Å²) in [6.45, 7) is 5.66. The third kappa shape index (κ3) is 2.93. The number of likely N-dealkylation sites (tertiary alicyclic amines) is 1. The lowest BCUT2D eigenvalue weighted by atomic mass is 9.97. The Balaban J connectivity index is 1.86. The van der Waals surface area contributed by atoms with Crippen LogP contribution in [-0.4, -0.2) is 40.9 Å². The van der Waals surface area contributed by atoms with Crippen molar-refractivity contribution < 1.29 is 4.79 Å². The van der Waals surface area contributed by atoms with E-state index in [0.29, 0.717) is 12.3 Å². The Morgan fingerprint density at radius 1 is 1.52 bits per heavy atom. The van der Waals surface area contributed by atoms with Crippen LogP contribution in [-0.2, 0) is 4.79 Å². The Bertz CT molecular complexity index is 620. The van der Waals surface area contributed by atoms with E-state index in [1.807, 2.05) is 18.2 Å². The number of piperidine rings is 1. The van der Waals surface area contributed by atoms with Gasteiger partial charge in [0.15, 0.2) is 0 Å². The van der Waals surface area contributed by atoms with Crippen molar-refractivity contribution in [3.8, 4) is 0 Å². The van der Waals surface area contributed by atoms with Crippen LogP contribution in [0.5, 0.6) is 0 Å². The van der Waals surface area contributed by atoms with Crippen molar-refractivity contribution in [3.05, 3.63) is 24.0 Å². The van der Waals surface area contributed by atoms with Crippen LogP contribution in [0.25, 0.3) is 11.0 Å². The molecule has 1 aromatic carbocycles. The number of aromatic nitrogens is 2. The molecule has 0 spiro atoms. The van der Waals surface area contributed by atoms with E-state index in [9.17, 15) is 4.79 Å². The monoisotopic (exact) mass is 286 g/mol. The van der Waals surface area contributed by atoms with E-state index in [-0.39, 0.29) is 0 Å². The van der Waals surface area contributed by atoms with E-state index in [2.05, 4.69) is 22.1 Å². The van der Waals surface area contributed by atoms with Crippen molar-refractivity contribution in [2.75, 3.05) is 25.0 Å². The molecule has 21 heavy (non-hydrogen) atoms. The Morgan fingerprint density at radius 2 is 2.43 bits per heavy atom. The molecule has 1 amide bonds. The number of amides is 1. The number of imidazole rings is 1. The highest BCUT2D eigenvalue weighted by molar-refractivity contribution is 5.92. The van der Waals surface area contributed by atoms with Crippen LogP contribution in [0.3, 0.4) is 0 Å². The predicted molar refractivity (Wildman–Crippen MR) is 84.5 cm³/mol. The zero-order chi connectivity index (χ0) is 14.7. The molecular formula is C16H22N4O. The maximum Gasteiger partial charge on any atom is 0.211 e. The third-order valence-electron chi connectivity index (χ3n) is 4.18. The fourth-order valence-corrected chi connectivity index (χ4v) is 3.22. The average molecular weight is 286 g/mol. The molecule has 112 valence electrons. The minimum Gasteiger partial charge on any atom is -0.342 e. The summed E-state index contributed by atoms with van der Waals surface area (Å²) in [6.07, 6.45) is 4.30. The molecule has 2 N–H and O–H groups in total. The highest BCUT2D eigenvalue weighted by Crippen LogP contribution is 2.29. The van der Waals surface area contributed by atoms with Gasteiger partial charge < -0.3 is 15.2 Å². The summed E-state index contributed by atoms with van der Waals surface area (Å²) in [7, 11) is 0. The van der Waals surface area contributed by atoms with Gasteiger partial charge in [-0.15, -0.1) is 0 Å². The van der Waals surface area contributed by atoms with E-state index in [4.69, 9.17) is 4.98 Å². The van der Waals surface area contributed by atoms with Crippen LogP contribution in [0.15, 0.2) is 18.2 Å². The number of benzene rings is 1. The number of nitrogens with one attached hydrogen (secondary N) is 2. The van der Waals surface area contributed by atoms with Gasteiger partial charge in [0, 0.05) is 12.5 Å². The largest absolute Gasteiger partial charge is 0.342 e. The highest BCUT2D eigenvalue weighted by atomic mass is 16.1. The van der Waals surface area contributed by atoms with Crippen molar-refractivity contribution in [2.24, 2.45) is 0 Å². The van der Waals surface area contributed by atoms with E-state index >= 15 is 0 Å². The van der Waals surface area contributed by atoms with Gasteiger partial charge in [0.25, 0.3) is 0 Å². The van der Waals surface area contributed by atoms with Crippen LogP contribution >= 0.6 is 0 Å². The molecule has 0 radical (unpaired) electrons. The van der Waals surface area contributed by atoms with Crippen molar-refractivity contribution >= 4 is 23.1 Å². The maximum atomic E-state index is 10.7. The molecule has 2 heterocycles. The van der Waals surface area contributed by atoms with Gasteiger partial charge in [0.05, 0.1) is 11.2 Å². The van der Waals surface area contributed by atoms with Crippen molar-refractivity contribution in [3.63, 3.8) is 0 Å². The minimum atomic E-state index is 0.460. The van der Waals surface area contributed by atoms with Gasteiger partial charge in [0.2, 0.25) is 6.41 Å². The predicted octanol–water partition coefficient (Wildman–Crippen LogP) is 2.72. The number of fused-ring (bicyclic) bond motifs is 1. The summed E-state index contributed by atoms with van der Waals surface area (Å²) in [5, 5.41) is 2.72. The van der Waals surface area contributed by atoms with Gasteiger partial charge in [-0.05, 0) is 44.5 Å². The number of rotatable bonds is 5. The summed E-state index contributed by atoms with van der Waals surface area (Å²) in [5.74, 6) is 1.51. The molecule has 1 aliphatic heterocycles. The molecule has 5 nitrogen and oxygen atoms in total. The van der Waals surface area contributed by atoms with Crippen LogP contribution in [0.4, 0.5) is 5.69 Å². The molecule has 0 saturated carbocycles. The summed E-state index contributed by atoms with van der Waals surface area (Å²) < 4.78 is 0. The first kappa shape index (κ1) is 14.1. The number of hydrogen-bond donors (Lipinski definition) is 2. The number of nitrogens with zero attached hydrogens (tertiary/aromatic N) is 2. The van der Waals surface area contributed by atoms with Gasteiger partial charge in [-0.2, -0.15) is 0 Å². The Hall–Kier alpha value is -1.88. The maximum absolute atomic E-state index is 10.7. The molecule has 1 unspecified atom stereocenters. The van der Waals surface area contributed by atoms with Gasteiger partial charge >= 0.3 is 0 Å². The van der Waals surface area contributed by atoms with Crippen molar-refractivity contribution in [1.29, 1.82) is 0 Å². The first-order valence-electron chi connectivity index (χ1n) is 7.73. The van der Waals surface area contributed by atoms with E-state index in [1.54, 1.807) is 0 Å². The number of carbonyl (C=O) groups excluding carboxylic acids is 1. The highest BCUT2D eigenvalue weighted by Gasteiger charge is 2.23. The lowest BCUT2D eigenvalue weighted by Gasteiger charge is -2.31. The second kappa shape index (κ2) is 6.26. The van der Waals surface area contributed by atoms with Gasteiger partial charge in [0.1, 0.15) is 11.3 Å². The number of hydrogen-bond acceptors (Lipinski definition) is 3. The average Bonchev–Trinajstić information content (AvgIpc) is 2.93. The zero-order valence-electron chi connectivity index (χ0n) is 12.4. The summed E-state index contributed by atoms with van der Waals surface area (Å²) in [5.41, 5.74) is 2.61. The van der Waals surface area contributed by atoms with E-state index in [0.717, 1.165) is 35.6 Å². The first-order chi connectivity index (χ1) is 10.3. The van der Waals surface area contributed by atoms with Gasteiger partial charge in [-0.3, -0.25) is 4.79 Å². The zero-order valence-corrected chi connectivity index (χ0v) is 12.4. The molecule has 0 bridgehead atoms. The van der Waals surface area contributed by atoms with Crippen LogP contribution in [0.1, 0.15) is 37.9 Å². The SMILES string of the molecule is CCCN1CCCC(c2nc3c(NC=O)cccc3[nH]2)C1. The molecule has 2 aromatic rings. The van der Waals surface area contributed by atoms with Gasteiger partial charge in [-0.25, -0.2) is 4.98 Å². The second-order valence-corrected chi connectivity index (χ2v) is 5.73. The molecule has 1 fully saturated rings. The fraction of sp³-hybridized carbons (Fsp3) is 0.500. The summed E-state index contributed by atoms with van der Waals surface area (Å²) in [4.78, 5) is 21.4. The molecule has 5 heteroatoms. The molecular weight excluding hydrogens is 264 g/mol. The number of H-pyrrole nitrogens is 1. The van der Waals surface area contributed by atoms with Crippen LogP contribution in [0.2, 0.25) is 0 Å². The summed E-state index contributed by atoms with van der Waals surface area (Å²) >= 11 is 0. The third-order valence-corrected chi connectivity index (χ3v) is 4.18. The van der Waals surface area contributed by atoms with Crippen molar-refractivity contribution in [2.45, 2.75) is 32.1 Å². The topological polar surface area (TPSA) is 61.0 Å². The molecule has 0 aliphatic carbocycles. The summed E-state index contributed by atoms with van der Waals surface area (Å²) in [6, 6.07) is 5.82. The van der Waals surface area contributed by atoms with Gasteiger partial charge in [-0.1, -0.05) is 13.0 Å². The first-order valence-corrected chi connectivity index (χ1v) is 7.73. The Morgan fingerprint density at radius 3 is 3.24 bits per heavy atom. The quantitative estimate of drug-likeness (QED) is 0.831. The Labute approximate surface area is 124 Å². The van der Waals surface area contributed by atoms with Crippen molar-refractivity contribution in [1.82, 2.24) is 14.9 Å². The molecule has 3 rings (SSSR count). The Kier molecular flexibility index (Phi) is 4.20. The fourth-order valence-electron chi connectivity index (χ4n) is 3.22.